The van der Waals surface area contributed by atoms with Crippen LogP contribution in [0.15, 0.2) is 0 Å². The number of ether oxygens (including phenoxy) is 3. The molecule has 0 bridgehead atoms. The van der Waals surface area contributed by atoms with Gasteiger partial charge >= 0.3 is 0 Å². The van der Waals surface area contributed by atoms with Gasteiger partial charge in [0.1, 0.15) is 6.61 Å². The Balaban J connectivity index is 2.99. The molecule has 0 saturated carbocycles. The molecule has 0 aliphatic rings. The summed E-state index contributed by atoms with van der Waals surface area (Å²) in [6.45, 7) is 5.20. The van der Waals surface area contributed by atoms with Crippen molar-refractivity contribution in [3.8, 4) is 12.3 Å². The molecule has 0 aromatic carbocycles. The molecule has 98 valence electrons. The normalized spacial score (nSPS) is 9.88. The monoisotopic (exact) mass is 243 g/mol. The topological polar surface area (TPSA) is 56.8 Å². The van der Waals surface area contributed by atoms with Crippen LogP contribution in [0.5, 0.6) is 0 Å². The van der Waals surface area contributed by atoms with E-state index < -0.39 is 0 Å². The van der Waals surface area contributed by atoms with Gasteiger partial charge in [-0.25, -0.2) is 0 Å². The molecule has 0 fully saturated rings. The Morgan fingerprint density at radius 1 is 1.12 bits per heavy atom. The van der Waals surface area contributed by atoms with Crippen LogP contribution in [-0.4, -0.2) is 52.1 Å². The maximum atomic E-state index is 10.9. The van der Waals surface area contributed by atoms with Gasteiger partial charge < -0.3 is 19.5 Å². The first-order chi connectivity index (χ1) is 8.31. The summed E-state index contributed by atoms with van der Waals surface area (Å²) in [6.07, 6.45) is 5.50. The standard InChI is InChI=1S/C12H21NO4/c1-3-6-15-8-10-17-11-9-16-7-5-13-12(14)4-2/h1H,4-11H2,2H3,(H,13,14). The van der Waals surface area contributed by atoms with Crippen molar-refractivity contribution in [3.63, 3.8) is 0 Å². The number of carbonyl (C=O) groups is 1. The number of terminal acetylenes is 1. The van der Waals surface area contributed by atoms with Gasteiger partial charge in [0.25, 0.3) is 0 Å². The maximum absolute atomic E-state index is 10.9. The highest BCUT2D eigenvalue weighted by Crippen LogP contribution is 1.81. The summed E-state index contributed by atoms with van der Waals surface area (Å²) in [6, 6.07) is 0. The van der Waals surface area contributed by atoms with E-state index in [9.17, 15) is 4.79 Å². The zero-order valence-electron chi connectivity index (χ0n) is 10.4. The van der Waals surface area contributed by atoms with E-state index in [1.54, 1.807) is 0 Å². The Bertz CT molecular complexity index is 225. The van der Waals surface area contributed by atoms with Crippen molar-refractivity contribution in [2.45, 2.75) is 13.3 Å². The van der Waals surface area contributed by atoms with E-state index in [0.29, 0.717) is 52.6 Å². The van der Waals surface area contributed by atoms with Crippen LogP contribution in [0.1, 0.15) is 13.3 Å². The number of hydrogen-bond acceptors (Lipinski definition) is 4. The summed E-state index contributed by atoms with van der Waals surface area (Å²) in [4.78, 5) is 10.9. The molecular formula is C12H21NO4. The number of hydrogen-bond donors (Lipinski definition) is 1. The highest BCUT2D eigenvalue weighted by Gasteiger charge is 1.95. The molecule has 5 nitrogen and oxygen atoms in total. The average Bonchev–Trinajstić information content (AvgIpc) is 2.35. The largest absolute Gasteiger partial charge is 0.377 e. The Hall–Kier alpha value is -1.09. The van der Waals surface area contributed by atoms with Crippen molar-refractivity contribution in [3.05, 3.63) is 0 Å². The summed E-state index contributed by atoms with van der Waals surface area (Å²) in [7, 11) is 0. The predicted octanol–water partition coefficient (Wildman–Crippen LogP) is 0.196. The lowest BCUT2D eigenvalue weighted by Gasteiger charge is -2.06. The minimum atomic E-state index is 0.0375. The molecule has 0 aliphatic heterocycles. The lowest BCUT2D eigenvalue weighted by Crippen LogP contribution is -2.26. The molecule has 17 heavy (non-hydrogen) atoms. The minimum absolute atomic E-state index is 0.0375. The zero-order valence-corrected chi connectivity index (χ0v) is 10.4. The van der Waals surface area contributed by atoms with Crippen LogP contribution >= 0.6 is 0 Å². The van der Waals surface area contributed by atoms with Crippen molar-refractivity contribution >= 4 is 5.91 Å². The quantitative estimate of drug-likeness (QED) is 0.416. The van der Waals surface area contributed by atoms with Crippen molar-refractivity contribution < 1.29 is 19.0 Å². The van der Waals surface area contributed by atoms with Crippen LogP contribution in [-0.2, 0) is 19.0 Å². The molecule has 0 unspecified atom stereocenters. The fourth-order valence-corrected chi connectivity index (χ4v) is 0.959. The fraction of sp³-hybridized carbons (Fsp3) is 0.750. The molecule has 1 N–H and O–H groups in total. The number of nitrogens with one attached hydrogen (secondary N) is 1. The number of carbonyl (C=O) groups excluding carboxylic acids is 1. The van der Waals surface area contributed by atoms with Gasteiger partial charge in [0.2, 0.25) is 5.91 Å². The molecule has 0 spiro atoms. The Kier molecular flexibility index (Phi) is 12.1. The van der Waals surface area contributed by atoms with Crippen LogP contribution in [0.4, 0.5) is 0 Å². The van der Waals surface area contributed by atoms with Gasteiger partial charge in [-0.2, -0.15) is 0 Å². The van der Waals surface area contributed by atoms with E-state index in [1.165, 1.54) is 0 Å². The third-order valence-electron chi connectivity index (χ3n) is 1.82. The first-order valence-electron chi connectivity index (χ1n) is 5.74. The van der Waals surface area contributed by atoms with Crippen LogP contribution < -0.4 is 5.32 Å². The fourth-order valence-electron chi connectivity index (χ4n) is 0.959. The molecule has 0 aromatic rings. The number of amides is 1. The van der Waals surface area contributed by atoms with E-state index in [2.05, 4.69) is 11.2 Å². The minimum Gasteiger partial charge on any atom is -0.377 e. The predicted molar refractivity (Wildman–Crippen MR) is 64.6 cm³/mol. The van der Waals surface area contributed by atoms with Gasteiger partial charge in [-0.15, -0.1) is 6.42 Å². The second-order valence-corrected chi connectivity index (χ2v) is 3.18. The molecule has 0 aromatic heterocycles. The van der Waals surface area contributed by atoms with Gasteiger partial charge in [-0.3, -0.25) is 4.79 Å². The van der Waals surface area contributed by atoms with Gasteiger partial charge in [0, 0.05) is 13.0 Å². The van der Waals surface area contributed by atoms with E-state index in [4.69, 9.17) is 20.6 Å². The molecular weight excluding hydrogens is 222 g/mol. The smallest absolute Gasteiger partial charge is 0.219 e. The second-order valence-electron chi connectivity index (χ2n) is 3.18. The van der Waals surface area contributed by atoms with E-state index >= 15 is 0 Å². The molecule has 0 rings (SSSR count). The molecule has 5 heteroatoms. The lowest BCUT2D eigenvalue weighted by molar-refractivity contribution is -0.121. The van der Waals surface area contributed by atoms with Gasteiger partial charge in [0.15, 0.2) is 0 Å². The number of rotatable bonds is 11. The van der Waals surface area contributed by atoms with Crippen LogP contribution in [0, 0.1) is 12.3 Å². The van der Waals surface area contributed by atoms with Crippen LogP contribution in [0.25, 0.3) is 0 Å². The summed E-state index contributed by atoms with van der Waals surface area (Å²) >= 11 is 0. The summed E-state index contributed by atoms with van der Waals surface area (Å²) < 4.78 is 15.5. The van der Waals surface area contributed by atoms with Gasteiger partial charge in [0.05, 0.1) is 33.0 Å². The summed E-state index contributed by atoms with van der Waals surface area (Å²) in [5.74, 6) is 2.41. The molecule has 0 atom stereocenters. The third kappa shape index (κ3) is 12.8. The van der Waals surface area contributed by atoms with Crippen molar-refractivity contribution in [2.24, 2.45) is 0 Å². The van der Waals surface area contributed by atoms with E-state index in [1.807, 2.05) is 6.92 Å². The Morgan fingerprint density at radius 3 is 2.29 bits per heavy atom. The summed E-state index contributed by atoms with van der Waals surface area (Å²) in [5, 5.41) is 2.71. The summed E-state index contributed by atoms with van der Waals surface area (Å²) in [5.41, 5.74) is 0. The van der Waals surface area contributed by atoms with Crippen molar-refractivity contribution in [1.82, 2.24) is 5.32 Å². The average molecular weight is 243 g/mol. The lowest BCUT2D eigenvalue weighted by atomic mass is 10.4. The van der Waals surface area contributed by atoms with Crippen molar-refractivity contribution in [1.29, 1.82) is 0 Å². The Labute approximate surface area is 103 Å². The first kappa shape index (κ1) is 15.9. The van der Waals surface area contributed by atoms with Crippen molar-refractivity contribution in [2.75, 3.05) is 46.2 Å². The highest BCUT2D eigenvalue weighted by molar-refractivity contribution is 5.75. The SMILES string of the molecule is C#CCOCCOCCOCCNC(=O)CC. The maximum Gasteiger partial charge on any atom is 0.219 e. The zero-order chi connectivity index (χ0) is 12.8. The Morgan fingerprint density at radius 2 is 1.71 bits per heavy atom. The molecule has 0 heterocycles. The highest BCUT2D eigenvalue weighted by atomic mass is 16.5. The van der Waals surface area contributed by atoms with Gasteiger partial charge in [-0.1, -0.05) is 12.8 Å². The molecule has 0 radical (unpaired) electrons. The van der Waals surface area contributed by atoms with Crippen LogP contribution in [0.2, 0.25) is 0 Å². The van der Waals surface area contributed by atoms with Gasteiger partial charge in [-0.05, 0) is 0 Å². The second kappa shape index (κ2) is 13.0. The van der Waals surface area contributed by atoms with E-state index in [-0.39, 0.29) is 5.91 Å². The molecule has 0 saturated heterocycles. The first-order valence-corrected chi connectivity index (χ1v) is 5.74. The third-order valence-corrected chi connectivity index (χ3v) is 1.82. The molecule has 0 aliphatic carbocycles. The van der Waals surface area contributed by atoms with Crippen LogP contribution in [0.3, 0.4) is 0 Å². The molecule has 1 amide bonds. The van der Waals surface area contributed by atoms with E-state index in [0.717, 1.165) is 0 Å².